The van der Waals surface area contributed by atoms with E-state index in [2.05, 4.69) is 55.5 Å². The Hall–Kier alpha value is -1.27. The van der Waals surface area contributed by atoms with Gasteiger partial charge in [0.05, 0.1) is 15.6 Å². The lowest BCUT2D eigenvalue weighted by Crippen LogP contribution is -2.19. The lowest BCUT2D eigenvalue weighted by Gasteiger charge is -2.04. The average Bonchev–Trinajstić information content (AvgIpc) is 2.92. The van der Waals surface area contributed by atoms with E-state index in [1.54, 1.807) is 13.2 Å². The molecule has 1 aliphatic rings. The molecule has 1 amide bonds. The normalized spacial score (nSPS) is 17.2. The summed E-state index contributed by atoms with van der Waals surface area (Å²) in [6.45, 7) is 0. The second-order valence-electron chi connectivity index (χ2n) is 4.98. The number of ether oxygens (including phenoxy) is 1. The Morgan fingerprint density at radius 1 is 1.28 bits per heavy atom. The highest BCUT2D eigenvalue weighted by Crippen LogP contribution is 2.34. The summed E-state index contributed by atoms with van der Waals surface area (Å²) in [5, 5.41) is 13.4. The number of hydrogen-bond donors (Lipinski definition) is 2. The number of aliphatic imine (C=N–C) groups is 1. The molecule has 8 heteroatoms. The molecule has 1 heterocycles. The minimum atomic E-state index is -0.244. The fourth-order valence-electron chi connectivity index (χ4n) is 2.15. The van der Waals surface area contributed by atoms with Crippen molar-refractivity contribution in [1.82, 2.24) is 5.32 Å². The molecule has 0 bridgehead atoms. The van der Waals surface area contributed by atoms with Gasteiger partial charge in [0, 0.05) is 9.13 Å². The van der Waals surface area contributed by atoms with Gasteiger partial charge in [-0.3, -0.25) is 4.79 Å². The van der Waals surface area contributed by atoms with E-state index in [9.17, 15) is 9.90 Å². The minimum Gasteiger partial charge on any atom is -0.506 e. The molecule has 0 spiro atoms. The molecule has 0 unspecified atom stereocenters. The summed E-state index contributed by atoms with van der Waals surface area (Å²) in [7, 11) is 1.58. The molecular formula is C17H12I2N2O3S. The lowest BCUT2D eigenvalue weighted by molar-refractivity contribution is -0.115. The number of phenols is 1. The molecule has 2 N–H and O–H groups in total. The third-order valence-corrected chi connectivity index (χ3v) is 5.66. The molecule has 1 aliphatic heterocycles. The number of thioether (sulfide) groups is 1. The number of nitrogens with one attached hydrogen (secondary N) is 1. The molecule has 0 saturated carbocycles. The van der Waals surface area contributed by atoms with Crippen molar-refractivity contribution in [1.29, 1.82) is 0 Å². The molecule has 2 aromatic carbocycles. The first-order valence-corrected chi connectivity index (χ1v) is 10.1. The van der Waals surface area contributed by atoms with Crippen LogP contribution < -0.4 is 10.1 Å². The predicted octanol–water partition coefficient (Wildman–Crippen LogP) is 4.50. The number of amides is 1. The summed E-state index contributed by atoms with van der Waals surface area (Å²) in [4.78, 5) is 17.1. The first kappa shape index (κ1) is 18.5. The van der Waals surface area contributed by atoms with Crippen LogP contribution in [0.5, 0.6) is 11.5 Å². The van der Waals surface area contributed by atoms with Gasteiger partial charge in [-0.05, 0) is 87.3 Å². The molecule has 0 radical (unpaired) electrons. The van der Waals surface area contributed by atoms with E-state index in [1.807, 2.05) is 36.4 Å². The Kier molecular flexibility index (Phi) is 5.89. The van der Waals surface area contributed by atoms with Crippen LogP contribution in [0.4, 0.5) is 5.69 Å². The van der Waals surface area contributed by atoms with Crippen LogP contribution in [-0.2, 0) is 4.79 Å². The molecule has 25 heavy (non-hydrogen) atoms. The van der Waals surface area contributed by atoms with E-state index in [0.29, 0.717) is 27.1 Å². The minimum absolute atomic E-state index is 0.164. The van der Waals surface area contributed by atoms with E-state index in [4.69, 9.17) is 4.74 Å². The number of carbonyl (C=O) groups is 1. The van der Waals surface area contributed by atoms with E-state index >= 15 is 0 Å². The van der Waals surface area contributed by atoms with Crippen LogP contribution in [0.25, 0.3) is 6.08 Å². The topological polar surface area (TPSA) is 70.9 Å². The number of para-hydroxylation sites is 2. The van der Waals surface area contributed by atoms with Crippen LogP contribution in [0.15, 0.2) is 46.3 Å². The van der Waals surface area contributed by atoms with E-state index in [-0.39, 0.29) is 11.7 Å². The molecule has 2 aromatic rings. The van der Waals surface area contributed by atoms with Crippen molar-refractivity contribution in [2.45, 2.75) is 0 Å². The first-order chi connectivity index (χ1) is 12.0. The van der Waals surface area contributed by atoms with Crippen LogP contribution in [0.3, 0.4) is 0 Å². The molecule has 3 rings (SSSR count). The molecule has 0 atom stereocenters. The first-order valence-electron chi connectivity index (χ1n) is 7.08. The Bertz CT molecular complexity index is 913. The lowest BCUT2D eigenvalue weighted by atomic mass is 10.2. The fourth-order valence-corrected chi connectivity index (χ4v) is 4.86. The number of carbonyl (C=O) groups excluding carboxylic acids is 1. The molecule has 1 fully saturated rings. The summed E-state index contributed by atoms with van der Waals surface area (Å²) < 4.78 is 6.99. The monoisotopic (exact) mass is 578 g/mol. The summed E-state index contributed by atoms with van der Waals surface area (Å²) in [6.07, 6.45) is 1.67. The molecule has 0 aliphatic carbocycles. The van der Waals surface area contributed by atoms with Gasteiger partial charge in [-0.25, -0.2) is 4.99 Å². The van der Waals surface area contributed by atoms with Crippen LogP contribution in [0, 0.1) is 7.14 Å². The van der Waals surface area contributed by atoms with Gasteiger partial charge in [0.2, 0.25) is 0 Å². The van der Waals surface area contributed by atoms with Gasteiger partial charge in [0.25, 0.3) is 5.91 Å². The number of nitrogens with zero attached hydrogens (tertiary/aromatic N) is 1. The largest absolute Gasteiger partial charge is 0.506 e. The fraction of sp³-hybridized carbons (Fsp3) is 0.0588. The Morgan fingerprint density at radius 3 is 2.80 bits per heavy atom. The molecular weight excluding hydrogens is 566 g/mol. The van der Waals surface area contributed by atoms with Crippen LogP contribution >= 0.6 is 56.9 Å². The van der Waals surface area contributed by atoms with Gasteiger partial charge >= 0.3 is 0 Å². The van der Waals surface area contributed by atoms with Gasteiger partial charge in [-0.1, -0.05) is 12.1 Å². The third kappa shape index (κ3) is 4.29. The summed E-state index contributed by atoms with van der Waals surface area (Å²) in [6, 6.07) is 11.0. The number of amidine groups is 1. The van der Waals surface area contributed by atoms with Crippen molar-refractivity contribution >= 4 is 79.8 Å². The van der Waals surface area contributed by atoms with Crippen LogP contribution in [0.2, 0.25) is 0 Å². The number of aromatic hydroxyl groups is 1. The summed E-state index contributed by atoms with van der Waals surface area (Å²) in [5.74, 6) is 0.552. The van der Waals surface area contributed by atoms with E-state index in [1.165, 1.54) is 11.8 Å². The van der Waals surface area contributed by atoms with Crippen LogP contribution in [0.1, 0.15) is 5.56 Å². The van der Waals surface area contributed by atoms with Gasteiger partial charge in [-0.2, -0.15) is 0 Å². The smallest absolute Gasteiger partial charge is 0.264 e. The van der Waals surface area contributed by atoms with Crippen molar-refractivity contribution in [2.75, 3.05) is 7.11 Å². The average molecular weight is 578 g/mol. The van der Waals surface area contributed by atoms with Gasteiger partial charge in [0.1, 0.15) is 17.2 Å². The highest BCUT2D eigenvalue weighted by Gasteiger charge is 2.24. The number of halogens is 2. The standard InChI is InChI=1S/C17H12I2N2O3S/c1-24-13-5-3-2-4-12(13)20-17-21-16(23)14(25-17)7-9-6-10(18)8-11(19)15(9)22/h2-8,22H,1H3,(H,20,21,23)/b14-7-. The highest BCUT2D eigenvalue weighted by molar-refractivity contribution is 14.1. The SMILES string of the molecule is COc1ccccc1N=C1NC(=O)/C(=C/c2cc(I)cc(I)c2O)S1. The van der Waals surface area contributed by atoms with E-state index in [0.717, 1.165) is 7.14 Å². The summed E-state index contributed by atoms with van der Waals surface area (Å²) >= 11 is 5.47. The molecule has 5 nitrogen and oxygen atoms in total. The van der Waals surface area contributed by atoms with E-state index < -0.39 is 0 Å². The number of methoxy groups -OCH3 is 1. The number of phenolic OH excluding ortho intramolecular Hbond substituents is 1. The van der Waals surface area contributed by atoms with Crippen molar-refractivity contribution in [3.63, 3.8) is 0 Å². The van der Waals surface area contributed by atoms with Crippen molar-refractivity contribution < 1.29 is 14.6 Å². The van der Waals surface area contributed by atoms with Crippen molar-refractivity contribution in [2.24, 2.45) is 4.99 Å². The number of rotatable bonds is 3. The van der Waals surface area contributed by atoms with Crippen molar-refractivity contribution in [3.05, 3.63) is 54.0 Å². The number of hydrogen-bond acceptors (Lipinski definition) is 5. The Labute approximate surface area is 176 Å². The zero-order valence-corrected chi connectivity index (χ0v) is 18.0. The predicted molar refractivity (Wildman–Crippen MR) is 117 cm³/mol. The second kappa shape index (κ2) is 7.96. The number of benzene rings is 2. The Balaban J connectivity index is 1.92. The second-order valence-corrected chi connectivity index (χ2v) is 8.42. The zero-order chi connectivity index (χ0) is 18.0. The van der Waals surface area contributed by atoms with Gasteiger partial charge in [0.15, 0.2) is 5.17 Å². The maximum absolute atomic E-state index is 12.2. The molecule has 1 saturated heterocycles. The molecule has 128 valence electrons. The van der Waals surface area contributed by atoms with Gasteiger partial charge < -0.3 is 15.2 Å². The third-order valence-electron chi connectivity index (χ3n) is 3.30. The van der Waals surface area contributed by atoms with Crippen molar-refractivity contribution in [3.8, 4) is 11.5 Å². The van der Waals surface area contributed by atoms with Crippen LogP contribution in [-0.4, -0.2) is 23.3 Å². The molecule has 0 aromatic heterocycles. The quantitative estimate of drug-likeness (QED) is 0.416. The Morgan fingerprint density at radius 2 is 2.04 bits per heavy atom. The zero-order valence-electron chi connectivity index (χ0n) is 12.9. The maximum atomic E-state index is 12.2. The van der Waals surface area contributed by atoms with Gasteiger partial charge in [-0.15, -0.1) is 0 Å². The summed E-state index contributed by atoms with van der Waals surface area (Å²) in [5.41, 5.74) is 1.24. The maximum Gasteiger partial charge on any atom is 0.264 e. The highest BCUT2D eigenvalue weighted by atomic mass is 127.